The molecule has 0 spiro atoms. The average Bonchev–Trinajstić information content (AvgIpc) is 2.34. The third kappa shape index (κ3) is 5.00. The second kappa shape index (κ2) is 6.51. The van der Waals surface area contributed by atoms with Crippen LogP contribution in [0.4, 0.5) is 0 Å². The molecule has 1 amide bonds. The summed E-state index contributed by atoms with van der Waals surface area (Å²) in [6.07, 6.45) is 1.42. The van der Waals surface area contributed by atoms with E-state index in [4.69, 9.17) is 5.11 Å². The van der Waals surface area contributed by atoms with E-state index in [0.29, 0.717) is 11.1 Å². The third-order valence-corrected chi connectivity index (χ3v) is 3.51. The fourth-order valence-electron chi connectivity index (χ4n) is 1.64. The first-order valence-corrected chi connectivity index (χ1v) is 8.09. The zero-order valence-corrected chi connectivity index (χ0v) is 12.1. The highest BCUT2D eigenvalue weighted by molar-refractivity contribution is 7.89. The molecular weight excluding hydrogens is 282 g/mol. The standard InChI is InChI=1S/C13H17NO5S/c1-3-11(13(16)17)14-12(15)10-6-4-9(5-7-10)8-20(2,18)19/h4-7,11H,3,8H2,1-2H3,(H,14,15)(H,16,17)/t11-/m1/s1. The van der Waals surface area contributed by atoms with E-state index < -0.39 is 27.8 Å². The third-order valence-electron chi connectivity index (χ3n) is 2.66. The molecule has 0 unspecified atom stereocenters. The van der Waals surface area contributed by atoms with Crippen LogP contribution in [0.5, 0.6) is 0 Å². The second-order valence-electron chi connectivity index (χ2n) is 4.54. The Balaban J connectivity index is 2.78. The lowest BCUT2D eigenvalue weighted by Gasteiger charge is -2.12. The molecule has 6 nitrogen and oxygen atoms in total. The summed E-state index contributed by atoms with van der Waals surface area (Å²) in [5, 5.41) is 11.3. The summed E-state index contributed by atoms with van der Waals surface area (Å²) in [5.74, 6) is -1.68. The van der Waals surface area contributed by atoms with Crippen molar-refractivity contribution < 1.29 is 23.1 Å². The van der Waals surface area contributed by atoms with E-state index in [0.717, 1.165) is 6.26 Å². The maximum absolute atomic E-state index is 11.8. The Morgan fingerprint density at radius 1 is 1.25 bits per heavy atom. The van der Waals surface area contributed by atoms with Crippen molar-refractivity contribution in [1.82, 2.24) is 5.32 Å². The molecule has 110 valence electrons. The molecule has 0 aliphatic carbocycles. The molecule has 0 saturated heterocycles. The van der Waals surface area contributed by atoms with Gasteiger partial charge in [-0.2, -0.15) is 0 Å². The summed E-state index contributed by atoms with van der Waals surface area (Å²) < 4.78 is 22.3. The van der Waals surface area contributed by atoms with Crippen molar-refractivity contribution in [1.29, 1.82) is 0 Å². The van der Waals surface area contributed by atoms with Gasteiger partial charge in [0.05, 0.1) is 5.75 Å². The predicted octanol–water partition coefficient (Wildman–Crippen LogP) is 0.824. The number of aliphatic carboxylic acids is 1. The zero-order chi connectivity index (χ0) is 15.3. The number of benzene rings is 1. The Kier molecular flexibility index (Phi) is 5.26. The number of carbonyl (C=O) groups excluding carboxylic acids is 1. The summed E-state index contributed by atoms with van der Waals surface area (Å²) in [7, 11) is -3.12. The molecule has 1 aromatic carbocycles. The van der Waals surface area contributed by atoms with Gasteiger partial charge in [-0.3, -0.25) is 4.79 Å². The summed E-state index contributed by atoms with van der Waals surface area (Å²) in [6.45, 7) is 1.66. The Labute approximate surface area is 117 Å². The van der Waals surface area contributed by atoms with Crippen LogP contribution in [0.1, 0.15) is 29.3 Å². The van der Waals surface area contributed by atoms with Gasteiger partial charge >= 0.3 is 5.97 Å². The minimum absolute atomic E-state index is 0.0956. The Morgan fingerprint density at radius 2 is 1.80 bits per heavy atom. The lowest BCUT2D eigenvalue weighted by Crippen LogP contribution is -2.40. The minimum atomic E-state index is -3.12. The minimum Gasteiger partial charge on any atom is -0.480 e. The summed E-state index contributed by atoms with van der Waals surface area (Å²) in [5.41, 5.74) is 0.872. The molecule has 0 aliphatic rings. The molecule has 0 radical (unpaired) electrons. The Morgan fingerprint density at radius 3 is 2.20 bits per heavy atom. The highest BCUT2D eigenvalue weighted by Crippen LogP contribution is 2.08. The summed E-state index contributed by atoms with van der Waals surface area (Å²) in [4.78, 5) is 22.6. The van der Waals surface area contributed by atoms with E-state index in [-0.39, 0.29) is 12.2 Å². The first kappa shape index (κ1) is 16.2. The van der Waals surface area contributed by atoms with E-state index in [1.54, 1.807) is 6.92 Å². The lowest BCUT2D eigenvalue weighted by molar-refractivity contribution is -0.139. The molecule has 1 rings (SSSR count). The molecule has 0 saturated carbocycles. The normalized spacial score (nSPS) is 12.7. The maximum Gasteiger partial charge on any atom is 0.326 e. The van der Waals surface area contributed by atoms with Crippen LogP contribution in [0.15, 0.2) is 24.3 Å². The number of hydrogen-bond acceptors (Lipinski definition) is 4. The number of amides is 1. The molecule has 7 heteroatoms. The van der Waals surface area contributed by atoms with Crippen LogP contribution in [0, 0.1) is 0 Å². The van der Waals surface area contributed by atoms with E-state index in [9.17, 15) is 18.0 Å². The van der Waals surface area contributed by atoms with Crippen LogP contribution >= 0.6 is 0 Å². The van der Waals surface area contributed by atoms with Crippen LogP contribution in [-0.2, 0) is 20.4 Å². The van der Waals surface area contributed by atoms with Gasteiger partial charge in [0.25, 0.3) is 5.91 Å². The monoisotopic (exact) mass is 299 g/mol. The second-order valence-corrected chi connectivity index (χ2v) is 6.68. The molecular formula is C13H17NO5S. The van der Waals surface area contributed by atoms with Crippen molar-refractivity contribution in [2.24, 2.45) is 0 Å². The molecule has 0 aromatic heterocycles. The highest BCUT2D eigenvalue weighted by atomic mass is 32.2. The quantitative estimate of drug-likeness (QED) is 0.810. The van der Waals surface area contributed by atoms with E-state index in [1.807, 2.05) is 0 Å². The van der Waals surface area contributed by atoms with E-state index >= 15 is 0 Å². The number of hydrogen-bond donors (Lipinski definition) is 2. The van der Waals surface area contributed by atoms with E-state index in [2.05, 4.69) is 5.32 Å². The number of sulfone groups is 1. The number of carboxylic acid groups (broad SMARTS) is 1. The lowest BCUT2D eigenvalue weighted by atomic mass is 10.1. The van der Waals surface area contributed by atoms with E-state index in [1.165, 1.54) is 24.3 Å². The van der Waals surface area contributed by atoms with Crippen LogP contribution in [0.2, 0.25) is 0 Å². The first-order chi connectivity index (χ1) is 9.23. The number of rotatable bonds is 6. The Hall–Kier alpha value is -1.89. The van der Waals surface area contributed by atoms with Crippen molar-refractivity contribution in [3.63, 3.8) is 0 Å². The van der Waals surface area contributed by atoms with Gasteiger partial charge in [0.15, 0.2) is 9.84 Å². The fraction of sp³-hybridized carbons (Fsp3) is 0.385. The maximum atomic E-state index is 11.8. The number of carboxylic acids is 1. The average molecular weight is 299 g/mol. The summed E-state index contributed by atoms with van der Waals surface area (Å²) >= 11 is 0. The van der Waals surface area contributed by atoms with Crippen LogP contribution in [0.3, 0.4) is 0 Å². The van der Waals surface area contributed by atoms with Crippen LogP contribution < -0.4 is 5.32 Å². The van der Waals surface area contributed by atoms with Crippen molar-refractivity contribution >= 4 is 21.7 Å². The molecule has 0 bridgehead atoms. The molecule has 2 N–H and O–H groups in total. The predicted molar refractivity (Wildman–Crippen MR) is 74.2 cm³/mol. The van der Waals surface area contributed by atoms with Gasteiger partial charge in [-0.1, -0.05) is 19.1 Å². The molecule has 0 aliphatic heterocycles. The van der Waals surface area contributed by atoms with Crippen LogP contribution in [-0.4, -0.2) is 37.7 Å². The van der Waals surface area contributed by atoms with Gasteiger partial charge in [0, 0.05) is 11.8 Å². The van der Waals surface area contributed by atoms with Gasteiger partial charge < -0.3 is 10.4 Å². The van der Waals surface area contributed by atoms with Gasteiger partial charge in [-0.05, 0) is 24.1 Å². The number of nitrogens with one attached hydrogen (secondary N) is 1. The molecule has 0 heterocycles. The summed E-state index contributed by atoms with van der Waals surface area (Å²) in [6, 6.07) is 5.10. The molecule has 1 aromatic rings. The molecule has 1 atom stereocenters. The first-order valence-electron chi connectivity index (χ1n) is 6.03. The topological polar surface area (TPSA) is 101 Å². The molecule has 20 heavy (non-hydrogen) atoms. The highest BCUT2D eigenvalue weighted by Gasteiger charge is 2.18. The molecule has 0 fully saturated rings. The van der Waals surface area contributed by atoms with Crippen LogP contribution in [0.25, 0.3) is 0 Å². The van der Waals surface area contributed by atoms with Crippen molar-refractivity contribution in [2.75, 3.05) is 6.26 Å². The largest absolute Gasteiger partial charge is 0.480 e. The van der Waals surface area contributed by atoms with Gasteiger partial charge in [-0.25, -0.2) is 13.2 Å². The fourth-order valence-corrected chi connectivity index (χ4v) is 2.43. The van der Waals surface area contributed by atoms with Crippen molar-refractivity contribution in [3.8, 4) is 0 Å². The number of carbonyl (C=O) groups is 2. The zero-order valence-electron chi connectivity index (χ0n) is 11.3. The van der Waals surface area contributed by atoms with Crippen molar-refractivity contribution in [2.45, 2.75) is 25.1 Å². The van der Waals surface area contributed by atoms with Gasteiger partial charge in [-0.15, -0.1) is 0 Å². The smallest absolute Gasteiger partial charge is 0.326 e. The SMILES string of the molecule is CC[C@@H](NC(=O)c1ccc(CS(C)(=O)=O)cc1)C(=O)O. The van der Waals surface area contributed by atoms with Crippen molar-refractivity contribution in [3.05, 3.63) is 35.4 Å². The Bertz CT molecular complexity index is 592. The van der Waals surface area contributed by atoms with Gasteiger partial charge in [0.1, 0.15) is 6.04 Å². The van der Waals surface area contributed by atoms with Gasteiger partial charge in [0.2, 0.25) is 0 Å².